The number of H-pyrrole nitrogens is 1. The Morgan fingerprint density at radius 1 is 1.20 bits per heavy atom. The van der Waals surface area contributed by atoms with Gasteiger partial charge in [0.2, 0.25) is 0 Å². The minimum Gasteiger partial charge on any atom is -0.487 e. The summed E-state index contributed by atoms with van der Waals surface area (Å²) in [7, 11) is 0. The van der Waals surface area contributed by atoms with Crippen LogP contribution in [0, 0.1) is 5.82 Å². The van der Waals surface area contributed by atoms with E-state index in [0.29, 0.717) is 44.4 Å². The van der Waals surface area contributed by atoms with Gasteiger partial charge in [0.1, 0.15) is 35.8 Å². The van der Waals surface area contributed by atoms with Crippen molar-refractivity contribution < 1.29 is 13.5 Å². The first-order chi connectivity index (χ1) is 19.5. The number of likely N-dealkylation sites (tertiary alicyclic amines) is 2. The van der Waals surface area contributed by atoms with E-state index in [0.717, 1.165) is 47.2 Å². The van der Waals surface area contributed by atoms with Gasteiger partial charge in [0.25, 0.3) is 0 Å². The largest absolute Gasteiger partial charge is 0.487 e. The van der Waals surface area contributed by atoms with Gasteiger partial charge < -0.3 is 15.5 Å². The van der Waals surface area contributed by atoms with Crippen LogP contribution in [0.4, 0.5) is 8.78 Å². The molecule has 2 aliphatic heterocycles. The molecule has 2 fully saturated rings. The van der Waals surface area contributed by atoms with Crippen molar-refractivity contribution in [1.82, 2.24) is 34.5 Å². The molecule has 2 saturated heterocycles. The summed E-state index contributed by atoms with van der Waals surface area (Å²) in [6, 6.07) is 7.06. The average Bonchev–Trinajstić information content (AvgIpc) is 3.70. The lowest BCUT2D eigenvalue weighted by Gasteiger charge is -2.36. The standard InChI is InChI=1S/C29H36F2N8O/c1-19-3-2-7-38(19)14-20-9-22(30)11-24(10-20)40-27-5-8-37(17-26(27)31)16-23(12-32)39-15-21(13-36-39)28-25-4-6-33-29(25)35-18-34-28/h4,6,9-11,13,15,18-19,23,26-27H,2-3,5,7-8,12,14,16-17,32H2,1H3,(H,33,34,35)/t19-,23?,26?,27?/m1/s1. The smallest absolute Gasteiger partial charge is 0.149 e. The number of benzene rings is 1. The number of alkyl halides is 1. The van der Waals surface area contributed by atoms with Gasteiger partial charge in [-0.05, 0) is 56.5 Å². The molecule has 0 bridgehead atoms. The number of hydrogen-bond donors (Lipinski definition) is 2. The predicted octanol–water partition coefficient (Wildman–Crippen LogP) is 3.94. The fraction of sp³-hybridized carbons (Fsp3) is 0.483. The number of hydrogen-bond acceptors (Lipinski definition) is 7. The molecule has 9 nitrogen and oxygen atoms in total. The van der Waals surface area contributed by atoms with Crippen LogP contribution in [0.5, 0.6) is 5.75 Å². The molecule has 0 amide bonds. The first kappa shape index (κ1) is 26.8. The Morgan fingerprint density at radius 3 is 2.90 bits per heavy atom. The third-order valence-corrected chi connectivity index (χ3v) is 8.20. The maximum absolute atomic E-state index is 15.3. The van der Waals surface area contributed by atoms with E-state index in [9.17, 15) is 4.39 Å². The molecule has 3 N–H and O–H groups in total. The van der Waals surface area contributed by atoms with E-state index in [1.165, 1.54) is 12.4 Å². The second-order valence-corrected chi connectivity index (χ2v) is 11.0. The highest BCUT2D eigenvalue weighted by atomic mass is 19.1. The lowest BCUT2D eigenvalue weighted by molar-refractivity contribution is 0.0169. The first-order valence-electron chi connectivity index (χ1n) is 14.1. The molecule has 1 aromatic carbocycles. The molecule has 40 heavy (non-hydrogen) atoms. The lowest BCUT2D eigenvalue weighted by atomic mass is 10.0. The summed E-state index contributed by atoms with van der Waals surface area (Å²) in [5, 5.41) is 5.47. The zero-order valence-corrected chi connectivity index (χ0v) is 22.7. The van der Waals surface area contributed by atoms with Crippen molar-refractivity contribution in [3.05, 3.63) is 60.6 Å². The molecule has 4 aromatic rings. The molecule has 5 heterocycles. The second-order valence-electron chi connectivity index (χ2n) is 11.0. The number of ether oxygens (including phenoxy) is 1. The van der Waals surface area contributed by atoms with E-state index in [1.807, 2.05) is 29.2 Å². The van der Waals surface area contributed by atoms with Crippen molar-refractivity contribution in [2.45, 2.75) is 57.1 Å². The maximum atomic E-state index is 15.3. The Hall–Kier alpha value is -3.41. The molecule has 212 valence electrons. The molecule has 6 rings (SSSR count). The molecule has 11 heteroatoms. The summed E-state index contributed by atoms with van der Waals surface area (Å²) in [5.74, 6) is 0.0453. The summed E-state index contributed by atoms with van der Waals surface area (Å²) < 4.78 is 37.6. The SMILES string of the molecule is C[C@@H]1CCCN1Cc1cc(F)cc(OC2CCN(CC(CN)n3cc(-c4ncnc5[nH]ccc45)cn3)CC2F)c1. The van der Waals surface area contributed by atoms with Crippen LogP contribution in [0.3, 0.4) is 0 Å². The van der Waals surface area contributed by atoms with Gasteiger partial charge >= 0.3 is 0 Å². The maximum Gasteiger partial charge on any atom is 0.149 e. The number of nitrogens with two attached hydrogens (primary N) is 1. The van der Waals surface area contributed by atoms with E-state index >= 15 is 4.39 Å². The quantitative estimate of drug-likeness (QED) is 0.326. The highest BCUT2D eigenvalue weighted by Gasteiger charge is 2.32. The van der Waals surface area contributed by atoms with Crippen LogP contribution < -0.4 is 10.5 Å². The summed E-state index contributed by atoms with van der Waals surface area (Å²) in [6.07, 6.45) is 8.06. The third kappa shape index (κ3) is 5.72. The number of aromatic nitrogens is 5. The Balaban J connectivity index is 1.07. The molecule has 0 saturated carbocycles. The molecule has 3 aromatic heterocycles. The highest BCUT2D eigenvalue weighted by molar-refractivity contribution is 5.89. The fourth-order valence-electron chi connectivity index (χ4n) is 5.99. The number of piperidine rings is 1. The van der Waals surface area contributed by atoms with E-state index in [4.69, 9.17) is 10.5 Å². The Bertz CT molecular complexity index is 1440. The average molecular weight is 551 g/mol. The molecule has 0 radical (unpaired) electrons. The topological polar surface area (TPSA) is 101 Å². The number of nitrogens with zero attached hydrogens (tertiary/aromatic N) is 6. The van der Waals surface area contributed by atoms with E-state index < -0.39 is 12.3 Å². The van der Waals surface area contributed by atoms with Gasteiger partial charge in [-0.15, -0.1) is 0 Å². The van der Waals surface area contributed by atoms with Gasteiger partial charge in [0.05, 0.1) is 17.9 Å². The third-order valence-electron chi connectivity index (χ3n) is 8.20. The first-order valence-corrected chi connectivity index (χ1v) is 14.1. The Kier molecular flexibility index (Phi) is 7.77. The molecular weight excluding hydrogens is 514 g/mol. The van der Waals surface area contributed by atoms with Crippen LogP contribution >= 0.6 is 0 Å². The van der Waals surface area contributed by atoms with Crippen molar-refractivity contribution in [2.75, 3.05) is 32.7 Å². The molecule has 0 aliphatic carbocycles. The van der Waals surface area contributed by atoms with E-state index in [-0.39, 0.29) is 18.4 Å². The molecule has 2 aliphatic rings. The number of nitrogens with one attached hydrogen (secondary N) is 1. The molecule has 4 atom stereocenters. The minimum absolute atomic E-state index is 0.124. The van der Waals surface area contributed by atoms with Gasteiger partial charge in [-0.2, -0.15) is 5.10 Å². The summed E-state index contributed by atoms with van der Waals surface area (Å²) in [5.41, 5.74) is 9.42. The number of rotatable bonds is 9. The van der Waals surface area contributed by atoms with Crippen LogP contribution in [0.15, 0.2) is 49.2 Å². The highest BCUT2D eigenvalue weighted by Crippen LogP contribution is 2.28. The van der Waals surface area contributed by atoms with Gasteiger partial charge in [-0.1, -0.05) is 0 Å². The van der Waals surface area contributed by atoms with Crippen molar-refractivity contribution in [2.24, 2.45) is 5.73 Å². The van der Waals surface area contributed by atoms with Gasteiger partial charge in [0, 0.05) is 68.2 Å². The van der Waals surface area contributed by atoms with Crippen molar-refractivity contribution >= 4 is 11.0 Å². The molecule has 0 spiro atoms. The van der Waals surface area contributed by atoms with Gasteiger partial charge in [0.15, 0.2) is 0 Å². The predicted molar refractivity (Wildman–Crippen MR) is 149 cm³/mol. The van der Waals surface area contributed by atoms with E-state index in [1.54, 1.807) is 12.3 Å². The Morgan fingerprint density at radius 2 is 2.10 bits per heavy atom. The van der Waals surface area contributed by atoms with E-state index in [2.05, 4.69) is 36.8 Å². The molecular formula is C29H36F2N8O. The number of fused-ring (bicyclic) bond motifs is 1. The van der Waals surface area contributed by atoms with Crippen LogP contribution in [0.1, 0.15) is 37.8 Å². The van der Waals surface area contributed by atoms with Crippen molar-refractivity contribution in [3.8, 4) is 17.0 Å². The zero-order valence-electron chi connectivity index (χ0n) is 22.7. The summed E-state index contributed by atoms with van der Waals surface area (Å²) >= 11 is 0. The van der Waals surface area contributed by atoms with Crippen LogP contribution in [0.25, 0.3) is 22.3 Å². The summed E-state index contributed by atoms with van der Waals surface area (Å²) in [6.45, 7) is 5.68. The van der Waals surface area contributed by atoms with Crippen molar-refractivity contribution in [3.63, 3.8) is 0 Å². The zero-order chi connectivity index (χ0) is 27.6. The van der Waals surface area contributed by atoms with Crippen molar-refractivity contribution in [1.29, 1.82) is 0 Å². The van der Waals surface area contributed by atoms with Gasteiger partial charge in [-0.25, -0.2) is 18.7 Å². The number of halogens is 2. The van der Waals surface area contributed by atoms with Gasteiger partial charge in [-0.3, -0.25) is 14.5 Å². The van der Waals surface area contributed by atoms with Crippen LogP contribution in [-0.4, -0.2) is 85.6 Å². The monoisotopic (exact) mass is 550 g/mol. The fourth-order valence-corrected chi connectivity index (χ4v) is 5.99. The lowest BCUT2D eigenvalue weighted by Crippen LogP contribution is -2.49. The summed E-state index contributed by atoms with van der Waals surface area (Å²) in [4.78, 5) is 16.2. The number of aromatic amines is 1. The van der Waals surface area contributed by atoms with Crippen LogP contribution in [-0.2, 0) is 6.54 Å². The van der Waals surface area contributed by atoms with Crippen LogP contribution in [0.2, 0.25) is 0 Å². The second kappa shape index (κ2) is 11.6. The normalized spacial score (nSPS) is 23.1. The Labute approximate surface area is 232 Å². The minimum atomic E-state index is -1.20. The molecule has 3 unspecified atom stereocenters.